The van der Waals surface area contributed by atoms with E-state index in [1.807, 2.05) is 18.2 Å². The van der Waals surface area contributed by atoms with E-state index in [0.29, 0.717) is 13.2 Å². The molecular formula is C18H23NO2. The molecule has 0 aromatic heterocycles. The summed E-state index contributed by atoms with van der Waals surface area (Å²) < 4.78 is 5.01. The molecule has 0 aliphatic carbocycles. The van der Waals surface area contributed by atoms with Crippen LogP contribution in [0.4, 0.5) is 0 Å². The largest absolute Gasteiger partial charge is 0.382 e. The minimum Gasteiger partial charge on any atom is -0.382 e. The number of aryl methyl sites for hydroxylation is 2. The third-order valence-electron chi connectivity index (χ3n) is 3.46. The van der Waals surface area contributed by atoms with Crippen LogP contribution in [0.3, 0.4) is 0 Å². The lowest BCUT2D eigenvalue weighted by Crippen LogP contribution is -2.25. The van der Waals surface area contributed by atoms with Gasteiger partial charge < -0.3 is 4.74 Å². The first kappa shape index (κ1) is 15.7. The number of hydrogen-bond acceptors (Lipinski definition) is 3. The van der Waals surface area contributed by atoms with Crippen molar-refractivity contribution in [3.05, 3.63) is 70.8 Å². The fourth-order valence-electron chi connectivity index (χ4n) is 2.37. The van der Waals surface area contributed by atoms with Crippen LogP contribution in [0.2, 0.25) is 0 Å². The third-order valence-corrected chi connectivity index (χ3v) is 3.46. The normalized spacial score (nSPS) is 12.3. The Bertz CT molecular complexity index is 554. The Balaban J connectivity index is 2.23. The predicted octanol–water partition coefficient (Wildman–Crippen LogP) is 3.56. The second-order valence-corrected chi connectivity index (χ2v) is 5.16. The highest BCUT2D eigenvalue weighted by molar-refractivity contribution is 5.38. The lowest BCUT2D eigenvalue weighted by Gasteiger charge is -2.21. The van der Waals surface area contributed by atoms with Gasteiger partial charge in [0.05, 0.1) is 19.3 Å². The molecule has 1 atom stereocenters. The Morgan fingerprint density at radius 3 is 2.43 bits per heavy atom. The van der Waals surface area contributed by atoms with Crippen LogP contribution >= 0.6 is 0 Å². The Morgan fingerprint density at radius 1 is 1.00 bits per heavy atom. The Morgan fingerprint density at radius 2 is 1.76 bits per heavy atom. The van der Waals surface area contributed by atoms with E-state index in [2.05, 4.69) is 49.7 Å². The molecule has 3 heteroatoms. The summed E-state index contributed by atoms with van der Waals surface area (Å²) in [6.07, 6.45) is 0. The molecule has 0 saturated carbocycles. The van der Waals surface area contributed by atoms with E-state index in [9.17, 15) is 0 Å². The highest BCUT2D eigenvalue weighted by atomic mass is 16.7. The molecule has 2 aromatic rings. The lowest BCUT2D eigenvalue weighted by atomic mass is 9.94. The van der Waals surface area contributed by atoms with Crippen molar-refractivity contribution in [1.82, 2.24) is 5.48 Å². The molecule has 0 saturated heterocycles. The first-order valence-corrected chi connectivity index (χ1v) is 7.20. The standard InChI is InChI=1S/C18H23NO2/c1-14-9-10-17(15(2)13-14)18(19-21-12-11-20-3)16-7-5-4-6-8-16/h4-10,13,18-19H,11-12H2,1-3H3. The van der Waals surface area contributed by atoms with Gasteiger partial charge in [0.1, 0.15) is 0 Å². The van der Waals surface area contributed by atoms with Crippen LogP contribution in [0, 0.1) is 13.8 Å². The van der Waals surface area contributed by atoms with Gasteiger partial charge in [-0.25, -0.2) is 0 Å². The first-order valence-electron chi connectivity index (χ1n) is 7.20. The van der Waals surface area contributed by atoms with E-state index in [1.54, 1.807) is 7.11 Å². The average Bonchev–Trinajstić information content (AvgIpc) is 2.49. The van der Waals surface area contributed by atoms with Crippen molar-refractivity contribution in [2.24, 2.45) is 0 Å². The van der Waals surface area contributed by atoms with Gasteiger partial charge >= 0.3 is 0 Å². The molecule has 2 rings (SSSR count). The number of rotatable bonds is 7. The zero-order valence-corrected chi connectivity index (χ0v) is 12.9. The van der Waals surface area contributed by atoms with Crippen LogP contribution in [-0.4, -0.2) is 20.3 Å². The summed E-state index contributed by atoms with van der Waals surface area (Å²) in [5.41, 5.74) is 8.10. The summed E-state index contributed by atoms with van der Waals surface area (Å²) in [5.74, 6) is 0. The van der Waals surface area contributed by atoms with Crippen LogP contribution in [-0.2, 0) is 9.57 Å². The number of hydrogen-bond donors (Lipinski definition) is 1. The Labute approximate surface area is 126 Å². The molecule has 112 valence electrons. The minimum absolute atomic E-state index is 0.0173. The topological polar surface area (TPSA) is 30.5 Å². The monoisotopic (exact) mass is 285 g/mol. The molecule has 0 aliphatic heterocycles. The maximum Gasteiger partial charge on any atom is 0.0916 e. The highest BCUT2D eigenvalue weighted by Crippen LogP contribution is 2.25. The number of ether oxygens (including phenoxy) is 1. The van der Waals surface area contributed by atoms with Crippen molar-refractivity contribution >= 4 is 0 Å². The first-order chi connectivity index (χ1) is 10.2. The highest BCUT2D eigenvalue weighted by Gasteiger charge is 2.16. The smallest absolute Gasteiger partial charge is 0.0916 e. The fraction of sp³-hybridized carbons (Fsp3) is 0.333. The zero-order valence-electron chi connectivity index (χ0n) is 12.9. The van der Waals surface area contributed by atoms with Crippen LogP contribution < -0.4 is 5.48 Å². The molecule has 0 heterocycles. The van der Waals surface area contributed by atoms with Gasteiger partial charge in [-0.3, -0.25) is 4.84 Å². The lowest BCUT2D eigenvalue weighted by molar-refractivity contribution is -0.00578. The summed E-state index contributed by atoms with van der Waals surface area (Å²) in [4.78, 5) is 5.56. The van der Waals surface area contributed by atoms with Gasteiger partial charge in [-0.05, 0) is 30.5 Å². The van der Waals surface area contributed by atoms with Crippen molar-refractivity contribution in [3.63, 3.8) is 0 Å². The molecular weight excluding hydrogens is 262 g/mol. The van der Waals surface area contributed by atoms with Crippen molar-refractivity contribution in [3.8, 4) is 0 Å². The summed E-state index contributed by atoms with van der Waals surface area (Å²) >= 11 is 0. The molecule has 1 N–H and O–H groups in total. The SMILES string of the molecule is COCCONC(c1ccccc1)c1ccc(C)cc1C. The Hall–Kier alpha value is -1.68. The van der Waals surface area contributed by atoms with Gasteiger partial charge in [-0.15, -0.1) is 0 Å². The van der Waals surface area contributed by atoms with Crippen molar-refractivity contribution in [1.29, 1.82) is 0 Å². The molecule has 2 aromatic carbocycles. The van der Waals surface area contributed by atoms with Gasteiger partial charge in [0.15, 0.2) is 0 Å². The van der Waals surface area contributed by atoms with Gasteiger partial charge in [0.2, 0.25) is 0 Å². The fourth-order valence-corrected chi connectivity index (χ4v) is 2.37. The van der Waals surface area contributed by atoms with E-state index >= 15 is 0 Å². The molecule has 0 fully saturated rings. The summed E-state index contributed by atoms with van der Waals surface area (Å²) in [6, 6.07) is 16.8. The van der Waals surface area contributed by atoms with E-state index in [-0.39, 0.29) is 6.04 Å². The average molecular weight is 285 g/mol. The van der Waals surface area contributed by atoms with E-state index in [0.717, 1.165) is 0 Å². The van der Waals surface area contributed by atoms with Gasteiger partial charge in [-0.1, -0.05) is 54.1 Å². The van der Waals surface area contributed by atoms with E-state index < -0.39 is 0 Å². The number of benzene rings is 2. The van der Waals surface area contributed by atoms with Crippen molar-refractivity contribution in [2.45, 2.75) is 19.9 Å². The van der Waals surface area contributed by atoms with Crippen LogP contribution in [0.25, 0.3) is 0 Å². The van der Waals surface area contributed by atoms with Gasteiger partial charge in [-0.2, -0.15) is 5.48 Å². The molecule has 0 radical (unpaired) electrons. The van der Waals surface area contributed by atoms with Crippen molar-refractivity contribution < 1.29 is 9.57 Å². The molecule has 0 aliphatic rings. The van der Waals surface area contributed by atoms with Crippen LogP contribution in [0.5, 0.6) is 0 Å². The number of hydroxylamine groups is 1. The third kappa shape index (κ3) is 4.39. The number of nitrogens with one attached hydrogen (secondary N) is 1. The molecule has 0 amide bonds. The van der Waals surface area contributed by atoms with Gasteiger partial charge in [0, 0.05) is 7.11 Å². The number of methoxy groups -OCH3 is 1. The summed E-state index contributed by atoms with van der Waals surface area (Å²) in [5, 5.41) is 0. The molecule has 1 unspecified atom stereocenters. The summed E-state index contributed by atoms with van der Waals surface area (Å²) in [6.45, 7) is 5.33. The quantitative estimate of drug-likeness (QED) is 0.623. The van der Waals surface area contributed by atoms with E-state index in [4.69, 9.17) is 9.57 Å². The maximum absolute atomic E-state index is 5.56. The predicted molar refractivity (Wildman–Crippen MR) is 85.2 cm³/mol. The minimum atomic E-state index is 0.0173. The van der Waals surface area contributed by atoms with Gasteiger partial charge in [0.25, 0.3) is 0 Å². The second-order valence-electron chi connectivity index (χ2n) is 5.16. The zero-order chi connectivity index (χ0) is 15.1. The van der Waals surface area contributed by atoms with Crippen molar-refractivity contribution in [2.75, 3.05) is 20.3 Å². The molecule has 21 heavy (non-hydrogen) atoms. The molecule has 3 nitrogen and oxygen atoms in total. The van der Waals surface area contributed by atoms with Crippen LogP contribution in [0.1, 0.15) is 28.3 Å². The maximum atomic E-state index is 5.56. The van der Waals surface area contributed by atoms with E-state index in [1.165, 1.54) is 22.3 Å². The van der Waals surface area contributed by atoms with Crippen LogP contribution in [0.15, 0.2) is 48.5 Å². The molecule has 0 bridgehead atoms. The second kappa shape index (κ2) is 7.93. The molecule has 0 spiro atoms. The Kier molecular flexibility index (Phi) is 5.93. The summed E-state index contributed by atoms with van der Waals surface area (Å²) in [7, 11) is 1.67.